The van der Waals surface area contributed by atoms with Gasteiger partial charge in [0.25, 0.3) is 5.91 Å². The largest absolute Gasteiger partial charge is 0.336 e. The standard InChI is InChI=1S/C24H30N4O3/c29-22-20-10-3-4-11-21(20)24(31)28(25-22)19-9-5-6-17(16-19)23(30)27-14-12-26(13-15-27)18-7-1-2-8-18/h3-6,9,16,18,20-21H,1-2,7-8,10-15H2,(H,25,29). The van der Waals surface area contributed by atoms with Gasteiger partial charge in [0.05, 0.1) is 17.5 Å². The van der Waals surface area contributed by atoms with E-state index in [1.165, 1.54) is 30.7 Å². The summed E-state index contributed by atoms with van der Waals surface area (Å²) in [5.41, 5.74) is 3.84. The molecule has 2 atom stereocenters. The molecule has 3 amide bonds. The van der Waals surface area contributed by atoms with Gasteiger partial charge in [-0.15, -0.1) is 0 Å². The fraction of sp³-hybridized carbons (Fsp3) is 0.542. The summed E-state index contributed by atoms with van der Waals surface area (Å²) < 4.78 is 0. The highest BCUT2D eigenvalue weighted by molar-refractivity contribution is 6.05. The number of rotatable bonds is 3. The SMILES string of the molecule is O=C1NN(c2cccc(C(=O)N3CCN(C4CCCC4)CC3)c2)C(=O)C2CC=CCC12. The second kappa shape index (κ2) is 8.46. The Kier molecular flexibility index (Phi) is 5.52. The summed E-state index contributed by atoms with van der Waals surface area (Å²) in [6.45, 7) is 3.31. The van der Waals surface area contributed by atoms with Crippen LogP contribution in [0.15, 0.2) is 36.4 Å². The van der Waals surface area contributed by atoms with E-state index >= 15 is 0 Å². The molecule has 2 aliphatic heterocycles. The van der Waals surface area contributed by atoms with Gasteiger partial charge in [-0.3, -0.25) is 24.7 Å². The Labute approximate surface area is 183 Å². The van der Waals surface area contributed by atoms with Gasteiger partial charge < -0.3 is 4.90 Å². The third kappa shape index (κ3) is 3.87. The number of fused-ring (bicyclic) bond motifs is 1. The lowest BCUT2D eigenvalue weighted by molar-refractivity contribution is -0.139. The van der Waals surface area contributed by atoms with E-state index in [4.69, 9.17) is 0 Å². The van der Waals surface area contributed by atoms with Crippen molar-refractivity contribution in [1.29, 1.82) is 0 Å². The van der Waals surface area contributed by atoms with Crippen molar-refractivity contribution >= 4 is 23.4 Å². The molecule has 2 unspecified atom stereocenters. The average Bonchev–Trinajstić information content (AvgIpc) is 3.36. The summed E-state index contributed by atoms with van der Waals surface area (Å²) in [7, 11) is 0. The molecular formula is C24H30N4O3. The van der Waals surface area contributed by atoms with Crippen molar-refractivity contribution in [1.82, 2.24) is 15.2 Å². The highest BCUT2D eigenvalue weighted by Gasteiger charge is 2.42. The molecule has 0 aromatic heterocycles. The molecule has 1 saturated carbocycles. The van der Waals surface area contributed by atoms with Crippen molar-refractivity contribution in [3.05, 3.63) is 42.0 Å². The van der Waals surface area contributed by atoms with E-state index < -0.39 is 0 Å². The average molecular weight is 423 g/mol. The normalized spacial score (nSPS) is 27.4. The van der Waals surface area contributed by atoms with Crippen molar-refractivity contribution in [3.8, 4) is 0 Å². The van der Waals surface area contributed by atoms with E-state index in [0.717, 1.165) is 26.2 Å². The Morgan fingerprint density at radius 3 is 2.39 bits per heavy atom. The Balaban J connectivity index is 1.28. The summed E-state index contributed by atoms with van der Waals surface area (Å²) in [4.78, 5) is 43.2. The van der Waals surface area contributed by atoms with E-state index in [1.807, 2.05) is 17.1 Å². The predicted octanol–water partition coefficient (Wildman–Crippen LogP) is 2.35. The van der Waals surface area contributed by atoms with Crippen molar-refractivity contribution in [3.63, 3.8) is 0 Å². The molecule has 1 aromatic rings. The van der Waals surface area contributed by atoms with Gasteiger partial charge in [-0.1, -0.05) is 31.1 Å². The number of amides is 3. The smallest absolute Gasteiger partial charge is 0.254 e. The number of hydrazine groups is 1. The quantitative estimate of drug-likeness (QED) is 0.759. The first-order chi connectivity index (χ1) is 15.1. The number of piperazine rings is 1. The topological polar surface area (TPSA) is 73.0 Å². The molecule has 164 valence electrons. The second-order valence-corrected chi connectivity index (χ2v) is 9.12. The third-order valence-corrected chi connectivity index (χ3v) is 7.32. The van der Waals surface area contributed by atoms with Gasteiger partial charge in [-0.25, -0.2) is 5.01 Å². The van der Waals surface area contributed by atoms with Crippen LogP contribution in [-0.4, -0.2) is 59.7 Å². The first-order valence-corrected chi connectivity index (χ1v) is 11.5. The maximum absolute atomic E-state index is 13.1. The number of carbonyl (C=O) groups is 3. The maximum atomic E-state index is 13.1. The zero-order valence-electron chi connectivity index (χ0n) is 17.8. The van der Waals surface area contributed by atoms with Crippen LogP contribution >= 0.6 is 0 Å². The highest BCUT2D eigenvalue weighted by atomic mass is 16.2. The van der Waals surface area contributed by atoms with Crippen LogP contribution in [0.4, 0.5) is 5.69 Å². The van der Waals surface area contributed by atoms with Crippen LogP contribution in [-0.2, 0) is 9.59 Å². The van der Waals surface area contributed by atoms with E-state index in [9.17, 15) is 14.4 Å². The maximum Gasteiger partial charge on any atom is 0.254 e. The number of allylic oxidation sites excluding steroid dienone is 2. The number of anilines is 1. The zero-order valence-corrected chi connectivity index (χ0v) is 17.8. The molecule has 3 fully saturated rings. The van der Waals surface area contributed by atoms with Crippen LogP contribution in [0.5, 0.6) is 0 Å². The van der Waals surface area contributed by atoms with Gasteiger partial charge in [-0.05, 0) is 43.9 Å². The van der Waals surface area contributed by atoms with Gasteiger partial charge in [-0.2, -0.15) is 0 Å². The Morgan fingerprint density at radius 2 is 1.65 bits per heavy atom. The summed E-state index contributed by atoms with van der Waals surface area (Å²) in [5.74, 6) is -0.879. The summed E-state index contributed by atoms with van der Waals surface area (Å²) >= 11 is 0. The van der Waals surface area contributed by atoms with Crippen LogP contribution in [0, 0.1) is 11.8 Å². The number of hydrogen-bond acceptors (Lipinski definition) is 4. The van der Waals surface area contributed by atoms with Crippen LogP contribution in [0.1, 0.15) is 48.9 Å². The molecule has 1 N–H and O–H groups in total. The van der Waals surface area contributed by atoms with Gasteiger partial charge in [0.15, 0.2) is 0 Å². The minimum atomic E-state index is -0.332. The Hall–Kier alpha value is -2.67. The molecule has 0 radical (unpaired) electrons. The summed E-state index contributed by atoms with van der Waals surface area (Å²) in [6.07, 6.45) is 10.3. The zero-order chi connectivity index (χ0) is 21.4. The van der Waals surface area contributed by atoms with E-state index in [2.05, 4.69) is 10.3 Å². The van der Waals surface area contributed by atoms with Gasteiger partial charge in [0.2, 0.25) is 11.8 Å². The molecule has 31 heavy (non-hydrogen) atoms. The van der Waals surface area contributed by atoms with Crippen LogP contribution in [0.25, 0.3) is 0 Å². The van der Waals surface area contributed by atoms with Gasteiger partial charge >= 0.3 is 0 Å². The number of benzene rings is 1. The molecular weight excluding hydrogens is 392 g/mol. The molecule has 0 bridgehead atoms. The van der Waals surface area contributed by atoms with Crippen molar-refractivity contribution < 1.29 is 14.4 Å². The molecule has 7 heteroatoms. The van der Waals surface area contributed by atoms with Crippen LogP contribution in [0.3, 0.4) is 0 Å². The number of carbonyl (C=O) groups excluding carboxylic acids is 3. The lowest BCUT2D eigenvalue weighted by Gasteiger charge is -2.39. The second-order valence-electron chi connectivity index (χ2n) is 9.12. The third-order valence-electron chi connectivity index (χ3n) is 7.32. The van der Waals surface area contributed by atoms with Crippen molar-refractivity contribution in [2.24, 2.45) is 11.8 Å². The van der Waals surface area contributed by atoms with Crippen molar-refractivity contribution in [2.75, 3.05) is 31.2 Å². The van der Waals surface area contributed by atoms with Gasteiger partial charge in [0, 0.05) is 37.8 Å². The van der Waals surface area contributed by atoms with E-state index in [-0.39, 0.29) is 29.6 Å². The monoisotopic (exact) mass is 422 g/mol. The molecule has 2 saturated heterocycles. The fourth-order valence-corrected chi connectivity index (χ4v) is 5.50. The minimum Gasteiger partial charge on any atom is -0.336 e. The summed E-state index contributed by atoms with van der Waals surface area (Å²) in [6, 6.07) is 7.75. The highest BCUT2D eigenvalue weighted by Crippen LogP contribution is 2.32. The number of hydrogen-bond donors (Lipinski definition) is 1. The lowest BCUT2D eigenvalue weighted by atomic mass is 9.80. The fourth-order valence-electron chi connectivity index (χ4n) is 5.50. The molecule has 5 rings (SSSR count). The lowest BCUT2D eigenvalue weighted by Crippen LogP contribution is -2.59. The minimum absolute atomic E-state index is 0.0119. The number of nitrogens with zero attached hydrogens (tertiary/aromatic N) is 3. The van der Waals surface area contributed by atoms with Crippen LogP contribution in [0.2, 0.25) is 0 Å². The molecule has 0 spiro atoms. The number of nitrogens with one attached hydrogen (secondary N) is 1. The molecule has 1 aromatic carbocycles. The molecule has 2 aliphatic carbocycles. The summed E-state index contributed by atoms with van der Waals surface area (Å²) in [5, 5.41) is 1.33. The predicted molar refractivity (Wildman–Crippen MR) is 117 cm³/mol. The molecule has 4 aliphatic rings. The molecule has 2 heterocycles. The first-order valence-electron chi connectivity index (χ1n) is 11.5. The van der Waals surface area contributed by atoms with E-state index in [0.29, 0.717) is 30.1 Å². The van der Waals surface area contributed by atoms with E-state index in [1.54, 1.807) is 24.3 Å². The van der Waals surface area contributed by atoms with Crippen molar-refractivity contribution in [2.45, 2.75) is 44.6 Å². The first kappa shape index (κ1) is 20.2. The Bertz CT molecular complexity index is 900. The van der Waals surface area contributed by atoms with Crippen LogP contribution < -0.4 is 10.4 Å². The van der Waals surface area contributed by atoms with Gasteiger partial charge in [0.1, 0.15) is 0 Å². The Morgan fingerprint density at radius 1 is 0.935 bits per heavy atom. The molecule has 7 nitrogen and oxygen atoms in total.